The van der Waals surface area contributed by atoms with Crippen molar-refractivity contribution in [1.82, 2.24) is 15.0 Å². The average Bonchev–Trinajstić information content (AvgIpc) is 2.81. The minimum Gasteiger partial charge on any atom is -0.368 e. The van der Waals surface area contributed by atoms with E-state index in [1.807, 2.05) is 0 Å². The normalized spacial score (nSPS) is 10.5. The van der Waals surface area contributed by atoms with E-state index >= 15 is 0 Å². The first-order valence-electron chi connectivity index (χ1n) is 5.49. The third-order valence-corrected chi connectivity index (χ3v) is 2.79. The number of H-pyrrole nitrogens is 1. The minimum absolute atomic E-state index is 0.0955. The molecular weight excluding hydrogens is 245 g/mol. The largest absolute Gasteiger partial charge is 0.368 e. The van der Waals surface area contributed by atoms with Gasteiger partial charge in [-0.15, -0.1) is 0 Å². The van der Waals surface area contributed by atoms with Gasteiger partial charge in [0.15, 0.2) is 0 Å². The summed E-state index contributed by atoms with van der Waals surface area (Å²) in [6.07, 6.45) is 1.55. The average molecular weight is 253 g/mol. The molecule has 0 atom stereocenters. The maximum absolute atomic E-state index is 13.0. The molecule has 3 aromatic rings. The molecule has 0 spiro atoms. The van der Waals surface area contributed by atoms with Gasteiger partial charge in [0.25, 0.3) is 0 Å². The van der Waals surface area contributed by atoms with Crippen molar-refractivity contribution < 1.29 is 4.39 Å². The second-order valence-corrected chi connectivity index (χ2v) is 3.98. The van der Waals surface area contributed by atoms with E-state index in [4.69, 9.17) is 11.0 Å². The molecule has 0 aliphatic carbocycles. The second-order valence-electron chi connectivity index (χ2n) is 3.98. The van der Waals surface area contributed by atoms with Crippen LogP contribution in [-0.2, 0) is 0 Å². The molecule has 3 N–H and O–H groups in total. The number of aromatic amines is 1. The molecule has 92 valence electrons. The zero-order valence-corrected chi connectivity index (χ0v) is 9.68. The number of anilines is 1. The number of nitrogens with zero attached hydrogens (tertiary/aromatic N) is 3. The van der Waals surface area contributed by atoms with E-state index in [0.29, 0.717) is 27.9 Å². The lowest BCUT2D eigenvalue weighted by atomic mass is 10.1. The van der Waals surface area contributed by atoms with Crippen molar-refractivity contribution in [3.05, 3.63) is 41.8 Å². The van der Waals surface area contributed by atoms with Gasteiger partial charge in [-0.1, -0.05) is 0 Å². The molecule has 0 saturated heterocycles. The fourth-order valence-corrected chi connectivity index (χ4v) is 1.96. The second kappa shape index (κ2) is 4.07. The lowest BCUT2D eigenvalue weighted by Gasteiger charge is -2.04. The molecule has 2 heterocycles. The smallest absolute Gasteiger partial charge is 0.222 e. The van der Waals surface area contributed by atoms with E-state index in [0.717, 1.165) is 0 Å². The Morgan fingerprint density at radius 2 is 1.95 bits per heavy atom. The van der Waals surface area contributed by atoms with E-state index in [9.17, 15) is 4.39 Å². The molecule has 6 heteroatoms. The number of nitrogens with one attached hydrogen (secondary N) is 1. The van der Waals surface area contributed by atoms with Crippen LogP contribution in [0.25, 0.3) is 22.3 Å². The molecule has 0 unspecified atom stereocenters. The van der Waals surface area contributed by atoms with Gasteiger partial charge in [0.1, 0.15) is 17.5 Å². The lowest BCUT2D eigenvalue weighted by molar-refractivity contribution is 0.628. The van der Waals surface area contributed by atoms with Crippen LogP contribution in [0, 0.1) is 17.1 Å². The summed E-state index contributed by atoms with van der Waals surface area (Å²) >= 11 is 0. The van der Waals surface area contributed by atoms with Crippen LogP contribution in [0.3, 0.4) is 0 Å². The van der Waals surface area contributed by atoms with Gasteiger partial charge in [0.2, 0.25) is 5.95 Å². The van der Waals surface area contributed by atoms with Crippen molar-refractivity contribution in [3.8, 4) is 17.3 Å². The third-order valence-electron chi connectivity index (χ3n) is 2.79. The molecule has 2 aromatic heterocycles. The molecule has 19 heavy (non-hydrogen) atoms. The monoisotopic (exact) mass is 253 g/mol. The number of halogens is 1. The Hall–Kier alpha value is -2.94. The molecule has 1 aromatic carbocycles. The highest BCUT2D eigenvalue weighted by molar-refractivity contribution is 5.95. The highest BCUT2D eigenvalue weighted by atomic mass is 19.1. The number of hydrogen-bond donors (Lipinski definition) is 2. The number of hydrogen-bond acceptors (Lipinski definition) is 4. The number of aromatic nitrogens is 3. The fraction of sp³-hybridized carbons (Fsp3) is 0. The molecule has 5 nitrogen and oxygen atoms in total. The standard InChI is InChI=1S/C13H8FN5/c14-9-3-1-7(2-4-9)11-10-8(5-15)6-17-12(10)19-13(16)18-11/h1-4,6H,(H3,16,17,18,19). The molecule has 0 bridgehead atoms. The third kappa shape index (κ3) is 1.77. The maximum atomic E-state index is 13.0. The van der Waals surface area contributed by atoms with E-state index < -0.39 is 0 Å². The highest BCUT2D eigenvalue weighted by Crippen LogP contribution is 2.29. The molecule has 0 fully saturated rings. The molecule has 0 radical (unpaired) electrons. The Morgan fingerprint density at radius 1 is 1.21 bits per heavy atom. The highest BCUT2D eigenvalue weighted by Gasteiger charge is 2.14. The number of benzene rings is 1. The zero-order valence-electron chi connectivity index (χ0n) is 9.68. The van der Waals surface area contributed by atoms with Gasteiger partial charge in [-0.3, -0.25) is 0 Å². The summed E-state index contributed by atoms with van der Waals surface area (Å²) in [6, 6.07) is 7.90. The SMILES string of the molecule is N#Cc1c[nH]c2nc(N)nc(-c3ccc(F)cc3)c12. The molecule has 3 rings (SSSR count). The summed E-state index contributed by atoms with van der Waals surface area (Å²) < 4.78 is 13.0. The molecule has 0 aliphatic rings. The van der Waals surface area contributed by atoms with Crippen LogP contribution >= 0.6 is 0 Å². The summed E-state index contributed by atoms with van der Waals surface area (Å²) in [4.78, 5) is 11.1. The van der Waals surface area contributed by atoms with E-state index in [-0.39, 0.29) is 11.8 Å². The van der Waals surface area contributed by atoms with Gasteiger partial charge in [0.05, 0.1) is 16.6 Å². The van der Waals surface area contributed by atoms with Crippen molar-refractivity contribution >= 4 is 17.0 Å². The van der Waals surface area contributed by atoms with Gasteiger partial charge in [-0.25, -0.2) is 9.37 Å². The Morgan fingerprint density at radius 3 is 2.63 bits per heavy atom. The number of nitriles is 1. The van der Waals surface area contributed by atoms with Gasteiger partial charge >= 0.3 is 0 Å². The van der Waals surface area contributed by atoms with Crippen molar-refractivity contribution in [2.75, 3.05) is 5.73 Å². The predicted octanol–water partition coefficient (Wildman–Crippen LogP) is 2.22. The number of fused-ring (bicyclic) bond motifs is 1. The van der Waals surface area contributed by atoms with Gasteiger partial charge in [-0.2, -0.15) is 10.2 Å². The summed E-state index contributed by atoms with van der Waals surface area (Å²) in [6.45, 7) is 0. The Bertz CT molecular complexity index is 798. The van der Waals surface area contributed by atoms with Crippen molar-refractivity contribution in [3.63, 3.8) is 0 Å². The van der Waals surface area contributed by atoms with Crippen molar-refractivity contribution in [2.24, 2.45) is 0 Å². The lowest BCUT2D eigenvalue weighted by Crippen LogP contribution is -1.98. The molecule has 0 saturated carbocycles. The van der Waals surface area contributed by atoms with Crippen LogP contribution in [-0.4, -0.2) is 15.0 Å². The van der Waals surface area contributed by atoms with Crippen LogP contribution in [0.5, 0.6) is 0 Å². The van der Waals surface area contributed by atoms with E-state index in [1.165, 1.54) is 12.1 Å². The molecule has 0 amide bonds. The van der Waals surface area contributed by atoms with E-state index in [1.54, 1.807) is 18.3 Å². The first kappa shape index (κ1) is 11.2. The zero-order chi connectivity index (χ0) is 13.4. The first-order chi connectivity index (χ1) is 9.19. The van der Waals surface area contributed by atoms with Crippen molar-refractivity contribution in [1.29, 1.82) is 5.26 Å². The fourth-order valence-electron chi connectivity index (χ4n) is 1.96. The van der Waals surface area contributed by atoms with Crippen molar-refractivity contribution in [2.45, 2.75) is 0 Å². The topological polar surface area (TPSA) is 91.4 Å². The summed E-state index contributed by atoms with van der Waals surface area (Å²) in [5.74, 6) is -0.241. The van der Waals surface area contributed by atoms with Crippen LogP contribution in [0.4, 0.5) is 10.3 Å². The maximum Gasteiger partial charge on any atom is 0.222 e. The van der Waals surface area contributed by atoms with Crippen LogP contribution < -0.4 is 5.73 Å². The minimum atomic E-state index is -0.336. The van der Waals surface area contributed by atoms with Gasteiger partial charge < -0.3 is 10.7 Å². The Kier molecular flexibility index (Phi) is 2.39. The van der Waals surface area contributed by atoms with Crippen LogP contribution in [0.1, 0.15) is 5.56 Å². The first-order valence-corrected chi connectivity index (χ1v) is 5.49. The van der Waals surface area contributed by atoms with Gasteiger partial charge in [0, 0.05) is 11.8 Å². The molecule has 0 aliphatic heterocycles. The summed E-state index contributed by atoms with van der Waals surface area (Å²) in [5.41, 5.74) is 7.75. The van der Waals surface area contributed by atoms with Gasteiger partial charge in [-0.05, 0) is 24.3 Å². The summed E-state index contributed by atoms with van der Waals surface area (Å²) in [5, 5.41) is 9.68. The number of nitrogen functional groups attached to an aromatic ring is 1. The predicted molar refractivity (Wildman–Crippen MR) is 68.4 cm³/mol. The van der Waals surface area contributed by atoms with Crippen LogP contribution in [0.15, 0.2) is 30.5 Å². The Labute approximate surface area is 107 Å². The quantitative estimate of drug-likeness (QED) is 0.695. The molecular formula is C13H8FN5. The summed E-state index contributed by atoms with van der Waals surface area (Å²) in [7, 11) is 0. The van der Waals surface area contributed by atoms with E-state index in [2.05, 4.69) is 21.0 Å². The van der Waals surface area contributed by atoms with Crippen LogP contribution in [0.2, 0.25) is 0 Å². The number of nitrogens with two attached hydrogens (primary N) is 1. The number of rotatable bonds is 1. The Balaban J connectivity index is 2.36.